The van der Waals surface area contributed by atoms with Crippen molar-refractivity contribution in [2.24, 2.45) is 0 Å². The van der Waals surface area contributed by atoms with Crippen LogP contribution in [0.25, 0.3) is 128 Å². The van der Waals surface area contributed by atoms with Crippen LogP contribution in [0.5, 0.6) is 0 Å². The third-order valence-corrected chi connectivity index (χ3v) is 16.1. The lowest BCUT2D eigenvalue weighted by Crippen LogP contribution is -2.08. The Labute approximate surface area is 465 Å². The SMILES string of the molecule is C1=CCC(c2nc(-c3ccccc3)nc(-c3cc(-c4ccc(C5=CCCC=C5)cc4)c(-n4c5ccc(-n6c7ccccc7c7ccccc76)cc5c5c(-c6ccccc6)cccc54)c(-c4ccc(-c5ccccc5)cc4)c3)n2)C=C1. The minimum Gasteiger partial charge on any atom is -0.309 e. The van der Waals surface area contributed by atoms with Gasteiger partial charge in [0.2, 0.25) is 0 Å². The molecular weight excluding hydrogens is 971 g/mol. The lowest BCUT2D eigenvalue weighted by molar-refractivity contribution is 0.764. The number of para-hydroxylation sites is 2. The quantitative estimate of drug-likeness (QED) is 0.137. The maximum atomic E-state index is 5.43. The van der Waals surface area contributed by atoms with Crippen LogP contribution in [-0.2, 0) is 0 Å². The Bertz CT molecular complexity index is 4580. The third-order valence-electron chi connectivity index (χ3n) is 16.1. The van der Waals surface area contributed by atoms with Gasteiger partial charge in [0.15, 0.2) is 11.6 Å². The average Bonchev–Trinajstić information content (AvgIpc) is 4.06. The first-order valence-electron chi connectivity index (χ1n) is 27.8. The fourth-order valence-electron chi connectivity index (χ4n) is 12.3. The first-order valence-corrected chi connectivity index (χ1v) is 27.8. The molecule has 13 aromatic rings. The van der Waals surface area contributed by atoms with E-state index in [4.69, 9.17) is 15.0 Å². The van der Waals surface area contributed by atoms with E-state index in [2.05, 4.69) is 282 Å². The molecule has 0 N–H and O–H groups in total. The first-order chi connectivity index (χ1) is 39.7. The minimum atomic E-state index is 0.00691. The van der Waals surface area contributed by atoms with Crippen molar-refractivity contribution in [3.05, 3.63) is 291 Å². The van der Waals surface area contributed by atoms with Gasteiger partial charge in [0, 0.05) is 55.4 Å². The minimum absolute atomic E-state index is 0.00691. The molecule has 5 nitrogen and oxygen atoms in total. The Morgan fingerprint density at radius 3 is 1.55 bits per heavy atom. The molecular formula is C75H53N5. The summed E-state index contributed by atoms with van der Waals surface area (Å²) in [5.41, 5.74) is 20.0. The monoisotopic (exact) mass is 1020 g/mol. The molecule has 2 aliphatic carbocycles. The van der Waals surface area contributed by atoms with E-state index in [9.17, 15) is 0 Å². The summed E-state index contributed by atoms with van der Waals surface area (Å²) in [7, 11) is 0. The van der Waals surface area contributed by atoms with E-state index >= 15 is 0 Å². The van der Waals surface area contributed by atoms with Gasteiger partial charge in [0.05, 0.1) is 27.8 Å². The van der Waals surface area contributed by atoms with Crippen LogP contribution in [0.15, 0.2) is 279 Å². The molecule has 0 saturated carbocycles. The summed E-state index contributed by atoms with van der Waals surface area (Å²) in [6.45, 7) is 0. The molecule has 1 unspecified atom stereocenters. The van der Waals surface area contributed by atoms with Crippen molar-refractivity contribution in [3.8, 4) is 78.7 Å². The summed E-state index contributed by atoms with van der Waals surface area (Å²) in [6.07, 6.45) is 18.4. The van der Waals surface area contributed by atoms with Crippen LogP contribution in [-0.4, -0.2) is 24.1 Å². The number of benzene rings is 10. The van der Waals surface area contributed by atoms with Crippen LogP contribution in [0.3, 0.4) is 0 Å². The molecule has 0 radical (unpaired) electrons. The Balaban J connectivity index is 1.05. The van der Waals surface area contributed by atoms with Crippen LogP contribution in [0, 0.1) is 0 Å². The second-order valence-corrected chi connectivity index (χ2v) is 20.9. The van der Waals surface area contributed by atoms with Gasteiger partial charge in [-0.25, -0.2) is 15.0 Å². The van der Waals surface area contributed by atoms with E-state index in [1.165, 1.54) is 49.5 Å². The molecule has 10 aromatic carbocycles. The fraction of sp³-hybridized carbons (Fsp3) is 0.0533. The number of aromatic nitrogens is 5. The van der Waals surface area contributed by atoms with Crippen molar-refractivity contribution in [2.75, 3.05) is 0 Å². The lowest BCUT2D eigenvalue weighted by Gasteiger charge is -2.22. The number of hydrogen-bond acceptors (Lipinski definition) is 3. The van der Waals surface area contributed by atoms with Crippen molar-refractivity contribution in [2.45, 2.75) is 25.2 Å². The molecule has 3 aromatic heterocycles. The van der Waals surface area contributed by atoms with Gasteiger partial charge in [-0.05, 0) is 112 Å². The molecule has 0 aliphatic heterocycles. The third kappa shape index (κ3) is 8.30. The van der Waals surface area contributed by atoms with Gasteiger partial charge in [0.25, 0.3) is 0 Å². The van der Waals surface area contributed by atoms with Gasteiger partial charge in [-0.15, -0.1) is 0 Å². The highest BCUT2D eigenvalue weighted by Crippen LogP contribution is 2.47. The van der Waals surface area contributed by atoms with Gasteiger partial charge < -0.3 is 9.13 Å². The van der Waals surface area contributed by atoms with Crippen molar-refractivity contribution in [1.82, 2.24) is 24.1 Å². The molecule has 80 heavy (non-hydrogen) atoms. The van der Waals surface area contributed by atoms with Crippen LogP contribution in [0.2, 0.25) is 0 Å². The second kappa shape index (κ2) is 20.0. The van der Waals surface area contributed by atoms with E-state index in [0.717, 1.165) is 97.4 Å². The molecule has 2 aliphatic rings. The molecule has 1 atom stereocenters. The zero-order valence-electron chi connectivity index (χ0n) is 44.0. The van der Waals surface area contributed by atoms with Crippen LogP contribution in [0.4, 0.5) is 0 Å². The van der Waals surface area contributed by atoms with Gasteiger partial charge in [-0.1, -0.05) is 231 Å². The number of allylic oxidation sites excluding steroid dienone is 8. The predicted octanol–water partition coefficient (Wildman–Crippen LogP) is 19.4. The smallest absolute Gasteiger partial charge is 0.163 e. The molecule has 0 fully saturated rings. The fourth-order valence-corrected chi connectivity index (χ4v) is 12.3. The molecule has 378 valence electrons. The number of rotatable bonds is 10. The highest BCUT2D eigenvalue weighted by atomic mass is 15.0. The van der Waals surface area contributed by atoms with Crippen LogP contribution < -0.4 is 0 Å². The summed E-state index contributed by atoms with van der Waals surface area (Å²) in [5, 5.41) is 4.82. The van der Waals surface area contributed by atoms with Crippen molar-refractivity contribution < 1.29 is 0 Å². The summed E-state index contributed by atoms with van der Waals surface area (Å²) < 4.78 is 4.98. The van der Waals surface area contributed by atoms with Gasteiger partial charge in [-0.3, -0.25) is 0 Å². The molecule has 15 rings (SSSR count). The summed E-state index contributed by atoms with van der Waals surface area (Å²) >= 11 is 0. The Hall–Kier alpha value is -10.2. The zero-order chi connectivity index (χ0) is 52.9. The van der Waals surface area contributed by atoms with Crippen molar-refractivity contribution in [1.29, 1.82) is 0 Å². The average molecular weight is 1020 g/mol. The van der Waals surface area contributed by atoms with Gasteiger partial charge in [-0.2, -0.15) is 0 Å². The zero-order valence-corrected chi connectivity index (χ0v) is 44.0. The topological polar surface area (TPSA) is 48.5 Å². The maximum absolute atomic E-state index is 5.43. The van der Waals surface area contributed by atoms with Crippen molar-refractivity contribution in [3.63, 3.8) is 0 Å². The Morgan fingerprint density at radius 1 is 0.362 bits per heavy atom. The molecule has 3 heterocycles. The van der Waals surface area contributed by atoms with Crippen LogP contribution >= 0.6 is 0 Å². The number of nitrogens with zero attached hydrogens (tertiary/aromatic N) is 5. The van der Waals surface area contributed by atoms with E-state index in [1.54, 1.807) is 0 Å². The van der Waals surface area contributed by atoms with Gasteiger partial charge in [0.1, 0.15) is 5.82 Å². The lowest BCUT2D eigenvalue weighted by atomic mass is 9.90. The molecule has 0 amide bonds. The summed E-state index contributed by atoms with van der Waals surface area (Å²) in [5.74, 6) is 2.04. The number of fused-ring (bicyclic) bond motifs is 6. The summed E-state index contributed by atoms with van der Waals surface area (Å²) in [6, 6.07) is 86.2. The second-order valence-electron chi connectivity index (χ2n) is 20.9. The first kappa shape index (κ1) is 47.0. The molecule has 5 heteroatoms. The Kier molecular flexibility index (Phi) is 11.7. The Morgan fingerprint density at radius 2 is 0.912 bits per heavy atom. The van der Waals surface area contributed by atoms with E-state index in [1.807, 2.05) is 6.07 Å². The highest BCUT2D eigenvalue weighted by Gasteiger charge is 2.26. The van der Waals surface area contributed by atoms with E-state index < -0.39 is 0 Å². The van der Waals surface area contributed by atoms with E-state index in [0.29, 0.717) is 11.6 Å². The normalized spacial score (nSPS) is 14.2. The molecule has 0 spiro atoms. The highest BCUT2D eigenvalue weighted by molar-refractivity contribution is 6.18. The molecule has 0 bridgehead atoms. The predicted molar refractivity (Wildman–Crippen MR) is 333 cm³/mol. The number of hydrogen-bond donors (Lipinski definition) is 0. The van der Waals surface area contributed by atoms with E-state index in [-0.39, 0.29) is 5.92 Å². The van der Waals surface area contributed by atoms with Crippen LogP contribution in [0.1, 0.15) is 36.6 Å². The van der Waals surface area contributed by atoms with Gasteiger partial charge >= 0.3 is 0 Å². The summed E-state index contributed by atoms with van der Waals surface area (Å²) in [4.78, 5) is 16.0. The maximum Gasteiger partial charge on any atom is 0.163 e. The standard InChI is InChI=1S/C75H53N5/c1-6-21-50(22-7-1)52-37-41-55(42-38-52)64-47-59(75-77-73(57-27-12-4-13-28-57)76-74(78-75)58-29-14-5-15-30-58)48-65(56-43-39-53(40-44-56)51-23-8-2-9-24-51)72(64)80-69-46-45-60(79-67-34-18-16-31-62(67)63-32-17-19-35-68(63)79)49-66(69)71-61(33-20-36-70(71)80)54-25-10-3-11-26-54/h1,3-8,10-29,31-49,58H,2,9,30H2. The molecule has 0 saturated heterocycles. The largest absolute Gasteiger partial charge is 0.309 e. The van der Waals surface area contributed by atoms with Crippen molar-refractivity contribution >= 4 is 49.2 Å².